The van der Waals surface area contributed by atoms with Crippen molar-refractivity contribution in [2.75, 3.05) is 0 Å². The van der Waals surface area contributed by atoms with Crippen molar-refractivity contribution in [1.82, 2.24) is 15.0 Å². The fraction of sp³-hybridized carbons (Fsp3) is 0.800. The maximum Gasteiger partial charge on any atom is 0.0725 e. The number of aromatic nitrogens is 3. The first-order valence-corrected chi connectivity index (χ1v) is 5.25. The maximum atomic E-state index is 4.07. The molecule has 0 saturated carbocycles. The van der Waals surface area contributed by atoms with E-state index in [2.05, 4.69) is 24.2 Å². The lowest BCUT2D eigenvalue weighted by atomic mass is 10.2. The zero-order valence-electron chi connectivity index (χ0n) is 8.66. The first-order chi connectivity index (χ1) is 6.38. The minimum Gasteiger partial charge on any atom is -0.249 e. The highest BCUT2D eigenvalue weighted by molar-refractivity contribution is 4.93. The second-order valence-corrected chi connectivity index (χ2v) is 3.41. The molecule has 0 spiro atoms. The van der Waals surface area contributed by atoms with Crippen molar-refractivity contribution in [2.45, 2.75) is 52.5 Å². The predicted octanol–water partition coefficient (Wildman–Crippen LogP) is 2.42. The molecule has 1 heterocycles. The third-order valence-corrected chi connectivity index (χ3v) is 2.18. The molecule has 0 aliphatic rings. The molecule has 0 N–H and O–H groups in total. The predicted molar refractivity (Wildman–Crippen MR) is 53.5 cm³/mol. The molecular weight excluding hydrogens is 162 g/mol. The van der Waals surface area contributed by atoms with Crippen LogP contribution in [0, 0.1) is 0 Å². The summed E-state index contributed by atoms with van der Waals surface area (Å²) in [6, 6.07) is 0. The van der Waals surface area contributed by atoms with Crippen molar-refractivity contribution in [3.63, 3.8) is 0 Å². The van der Waals surface area contributed by atoms with Crippen LogP contribution in [-0.4, -0.2) is 15.0 Å². The fourth-order valence-electron chi connectivity index (χ4n) is 1.43. The largest absolute Gasteiger partial charge is 0.249 e. The van der Waals surface area contributed by atoms with E-state index in [1.807, 2.05) is 10.9 Å². The average molecular weight is 181 g/mol. The number of hydrogen-bond donors (Lipinski definition) is 0. The molecule has 0 aliphatic carbocycles. The molecule has 1 aromatic heterocycles. The second kappa shape index (κ2) is 5.73. The van der Waals surface area contributed by atoms with Gasteiger partial charge >= 0.3 is 0 Å². The normalized spacial score (nSPS) is 10.6. The van der Waals surface area contributed by atoms with Gasteiger partial charge in [-0.3, -0.25) is 0 Å². The van der Waals surface area contributed by atoms with E-state index in [1.165, 1.54) is 31.4 Å². The lowest BCUT2D eigenvalue weighted by molar-refractivity contribution is 0.518. The first-order valence-electron chi connectivity index (χ1n) is 5.25. The van der Waals surface area contributed by atoms with Crippen LogP contribution in [0.25, 0.3) is 0 Å². The number of aryl methyl sites for hydroxylation is 2. The fourth-order valence-corrected chi connectivity index (χ4v) is 1.43. The van der Waals surface area contributed by atoms with E-state index >= 15 is 0 Å². The van der Waals surface area contributed by atoms with Crippen LogP contribution in [0.1, 0.15) is 45.2 Å². The first kappa shape index (κ1) is 10.2. The van der Waals surface area contributed by atoms with Gasteiger partial charge in [0.2, 0.25) is 0 Å². The topological polar surface area (TPSA) is 30.7 Å². The Kier molecular flexibility index (Phi) is 4.50. The molecule has 0 saturated heterocycles. The van der Waals surface area contributed by atoms with Crippen LogP contribution in [0.4, 0.5) is 0 Å². The van der Waals surface area contributed by atoms with Crippen molar-refractivity contribution in [1.29, 1.82) is 0 Å². The standard InChI is InChI=1S/C10H19N3/c1-3-5-6-8-13-10(7-4-2)9-11-12-13/h9H,3-8H2,1-2H3. The van der Waals surface area contributed by atoms with Crippen LogP contribution < -0.4 is 0 Å². The highest BCUT2D eigenvalue weighted by Gasteiger charge is 2.01. The molecule has 0 bridgehead atoms. The Morgan fingerprint density at radius 2 is 2.08 bits per heavy atom. The van der Waals surface area contributed by atoms with Gasteiger partial charge in [-0.1, -0.05) is 38.3 Å². The monoisotopic (exact) mass is 181 g/mol. The van der Waals surface area contributed by atoms with Crippen LogP contribution in [0.3, 0.4) is 0 Å². The van der Waals surface area contributed by atoms with Gasteiger partial charge in [0.25, 0.3) is 0 Å². The highest BCUT2D eigenvalue weighted by atomic mass is 15.4. The molecular formula is C10H19N3. The summed E-state index contributed by atoms with van der Waals surface area (Å²) in [6.45, 7) is 5.43. The van der Waals surface area contributed by atoms with Gasteiger partial charge < -0.3 is 0 Å². The summed E-state index contributed by atoms with van der Waals surface area (Å²) in [6.07, 6.45) is 7.91. The molecule has 0 radical (unpaired) electrons. The third kappa shape index (κ3) is 3.17. The Morgan fingerprint density at radius 1 is 1.23 bits per heavy atom. The summed E-state index contributed by atoms with van der Waals surface area (Å²) in [4.78, 5) is 0. The van der Waals surface area contributed by atoms with Crippen LogP contribution in [0.2, 0.25) is 0 Å². The molecule has 0 unspecified atom stereocenters. The average Bonchev–Trinajstić information content (AvgIpc) is 2.54. The lowest BCUT2D eigenvalue weighted by Gasteiger charge is -2.03. The molecule has 0 amide bonds. The van der Waals surface area contributed by atoms with E-state index in [-0.39, 0.29) is 0 Å². The van der Waals surface area contributed by atoms with E-state index in [0.717, 1.165) is 13.0 Å². The quantitative estimate of drug-likeness (QED) is 0.631. The molecule has 0 atom stereocenters. The van der Waals surface area contributed by atoms with Gasteiger partial charge in [0.15, 0.2) is 0 Å². The van der Waals surface area contributed by atoms with Gasteiger partial charge in [-0.15, -0.1) is 5.10 Å². The second-order valence-electron chi connectivity index (χ2n) is 3.41. The Bertz CT molecular complexity index is 230. The lowest BCUT2D eigenvalue weighted by Crippen LogP contribution is -2.05. The number of hydrogen-bond acceptors (Lipinski definition) is 2. The van der Waals surface area contributed by atoms with E-state index in [0.29, 0.717) is 0 Å². The minimum atomic E-state index is 1.03. The Balaban J connectivity index is 2.40. The Labute approximate surface area is 80.1 Å². The summed E-state index contributed by atoms with van der Waals surface area (Å²) in [5, 5.41) is 8.01. The van der Waals surface area contributed by atoms with Crippen molar-refractivity contribution >= 4 is 0 Å². The third-order valence-electron chi connectivity index (χ3n) is 2.18. The smallest absolute Gasteiger partial charge is 0.0725 e. The molecule has 0 aliphatic heterocycles. The Hall–Kier alpha value is -0.860. The Morgan fingerprint density at radius 3 is 2.77 bits per heavy atom. The van der Waals surface area contributed by atoms with Crippen LogP contribution in [-0.2, 0) is 13.0 Å². The van der Waals surface area contributed by atoms with Gasteiger partial charge in [0.1, 0.15) is 0 Å². The number of nitrogens with zero attached hydrogens (tertiary/aromatic N) is 3. The van der Waals surface area contributed by atoms with Gasteiger partial charge in [0.05, 0.1) is 11.9 Å². The van der Waals surface area contributed by atoms with Crippen molar-refractivity contribution in [2.24, 2.45) is 0 Å². The van der Waals surface area contributed by atoms with Gasteiger partial charge in [-0.2, -0.15) is 0 Å². The summed E-state index contributed by atoms with van der Waals surface area (Å²) in [5.74, 6) is 0. The molecule has 3 heteroatoms. The van der Waals surface area contributed by atoms with Crippen molar-refractivity contribution in [3.05, 3.63) is 11.9 Å². The van der Waals surface area contributed by atoms with Crippen LogP contribution in [0.15, 0.2) is 6.20 Å². The molecule has 1 rings (SSSR count). The van der Waals surface area contributed by atoms with Gasteiger partial charge in [-0.25, -0.2) is 4.68 Å². The SMILES string of the molecule is CCCCCn1nncc1CCC. The van der Waals surface area contributed by atoms with E-state index in [4.69, 9.17) is 0 Å². The molecule has 3 nitrogen and oxygen atoms in total. The van der Waals surface area contributed by atoms with Gasteiger partial charge in [0, 0.05) is 6.54 Å². The van der Waals surface area contributed by atoms with Crippen LogP contribution in [0.5, 0.6) is 0 Å². The maximum absolute atomic E-state index is 4.07. The number of unbranched alkanes of at least 4 members (excludes halogenated alkanes) is 2. The van der Waals surface area contributed by atoms with Crippen molar-refractivity contribution < 1.29 is 0 Å². The molecule has 74 valence electrons. The molecule has 1 aromatic rings. The minimum absolute atomic E-state index is 1.03. The summed E-state index contributed by atoms with van der Waals surface area (Å²) in [5.41, 5.74) is 1.28. The van der Waals surface area contributed by atoms with E-state index < -0.39 is 0 Å². The van der Waals surface area contributed by atoms with E-state index in [9.17, 15) is 0 Å². The molecule has 0 fully saturated rings. The summed E-state index contributed by atoms with van der Waals surface area (Å²) in [7, 11) is 0. The van der Waals surface area contributed by atoms with Gasteiger partial charge in [-0.05, 0) is 12.8 Å². The number of rotatable bonds is 6. The summed E-state index contributed by atoms with van der Waals surface area (Å²) >= 11 is 0. The zero-order chi connectivity index (χ0) is 9.52. The summed E-state index contributed by atoms with van der Waals surface area (Å²) < 4.78 is 2.04. The molecule has 0 aromatic carbocycles. The zero-order valence-corrected chi connectivity index (χ0v) is 8.66. The van der Waals surface area contributed by atoms with Crippen LogP contribution >= 0.6 is 0 Å². The van der Waals surface area contributed by atoms with E-state index in [1.54, 1.807) is 0 Å². The molecule has 13 heavy (non-hydrogen) atoms. The van der Waals surface area contributed by atoms with Crippen molar-refractivity contribution in [3.8, 4) is 0 Å². The highest BCUT2D eigenvalue weighted by Crippen LogP contribution is 2.03.